The fourth-order valence-electron chi connectivity index (χ4n) is 2.13. The van der Waals surface area contributed by atoms with Gasteiger partial charge in [0.25, 0.3) is 0 Å². The van der Waals surface area contributed by atoms with Gasteiger partial charge in [-0.2, -0.15) is 0 Å². The maximum atomic E-state index is 11.5. The third kappa shape index (κ3) is 6.02. The summed E-state index contributed by atoms with van der Waals surface area (Å²) >= 11 is 0. The number of hydrogen-bond donors (Lipinski definition) is 3. The molecular weight excluding hydrogens is 230 g/mol. The predicted octanol–water partition coefficient (Wildman–Crippen LogP) is 0.709. The first-order chi connectivity index (χ1) is 8.61. The second kappa shape index (κ2) is 8.11. The molecule has 0 atom stereocenters. The van der Waals surface area contributed by atoms with Crippen molar-refractivity contribution in [3.05, 3.63) is 12.2 Å². The number of aliphatic hydroxyl groups excluding tert-OH is 1. The lowest BCUT2D eigenvalue weighted by atomic mass is 10.0. The van der Waals surface area contributed by atoms with Crippen molar-refractivity contribution in [1.82, 2.24) is 15.5 Å². The number of hydrogen-bond acceptors (Lipinski definition) is 3. The van der Waals surface area contributed by atoms with Crippen LogP contribution < -0.4 is 10.6 Å². The Labute approximate surface area is 109 Å². The lowest BCUT2D eigenvalue weighted by Crippen LogP contribution is -2.48. The van der Waals surface area contributed by atoms with Gasteiger partial charge < -0.3 is 15.7 Å². The predicted molar refractivity (Wildman–Crippen MR) is 72.5 cm³/mol. The van der Waals surface area contributed by atoms with Crippen molar-refractivity contribution in [1.29, 1.82) is 0 Å². The van der Waals surface area contributed by atoms with Crippen molar-refractivity contribution in [2.24, 2.45) is 0 Å². The highest BCUT2D eigenvalue weighted by atomic mass is 16.3. The molecule has 3 N–H and O–H groups in total. The number of rotatable bonds is 6. The van der Waals surface area contributed by atoms with E-state index < -0.39 is 0 Å². The Morgan fingerprint density at radius 1 is 1.44 bits per heavy atom. The van der Waals surface area contributed by atoms with Crippen molar-refractivity contribution in [3.63, 3.8) is 0 Å². The number of likely N-dealkylation sites (tertiary alicyclic amines) is 1. The second-order valence-electron chi connectivity index (χ2n) is 4.98. The first-order valence-electron chi connectivity index (χ1n) is 6.63. The molecule has 1 heterocycles. The van der Waals surface area contributed by atoms with Gasteiger partial charge in [0.2, 0.25) is 0 Å². The van der Waals surface area contributed by atoms with E-state index in [0.29, 0.717) is 13.0 Å². The molecule has 18 heavy (non-hydrogen) atoms. The number of piperidine rings is 1. The Morgan fingerprint density at radius 2 is 2.11 bits per heavy atom. The van der Waals surface area contributed by atoms with E-state index in [1.54, 1.807) is 0 Å². The SMILES string of the molecule is C=C(C)CN1CCC(NC(=O)NCCCO)CC1. The molecule has 1 saturated heterocycles. The van der Waals surface area contributed by atoms with Gasteiger partial charge in [-0.15, -0.1) is 0 Å². The molecule has 0 aromatic heterocycles. The summed E-state index contributed by atoms with van der Waals surface area (Å²) in [4.78, 5) is 13.9. The molecule has 1 aliphatic rings. The summed E-state index contributed by atoms with van der Waals surface area (Å²) in [6.07, 6.45) is 2.58. The molecule has 0 bridgehead atoms. The van der Waals surface area contributed by atoms with E-state index in [1.807, 2.05) is 6.92 Å². The molecule has 5 heteroatoms. The number of aliphatic hydroxyl groups is 1. The Bertz CT molecular complexity index is 273. The number of amides is 2. The highest BCUT2D eigenvalue weighted by molar-refractivity contribution is 5.74. The summed E-state index contributed by atoms with van der Waals surface area (Å²) in [5.74, 6) is 0. The first kappa shape index (κ1) is 15.0. The van der Waals surface area contributed by atoms with Gasteiger partial charge in [0.1, 0.15) is 0 Å². The van der Waals surface area contributed by atoms with Crippen LogP contribution in [0.5, 0.6) is 0 Å². The van der Waals surface area contributed by atoms with E-state index in [4.69, 9.17) is 5.11 Å². The summed E-state index contributed by atoms with van der Waals surface area (Å²) in [5, 5.41) is 14.3. The maximum absolute atomic E-state index is 11.5. The van der Waals surface area contributed by atoms with Crippen LogP contribution in [0.2, 0.25) is 0 Å². The molecule has 1 rings (SSSR count). The van der Waals surface area contributed by atoms with Crippen LogP contribution >= 0.6 is 0 Å². The third-order valence-corrected chi connectivity index (χ3v) is 3.04. The summed E-state index contributed by atoms with van der Waals surface area (Å²) < 4.78 is 0. The second-order valence-corrected chi connectivity index (χ2v) is 4.98. The molecule has 1 aliphatic heterocycles. The standard InChI is InChI=1S/C13H25N3O2/c1-11(2)10-16-7-4-12(5-8-16)15-13(18)14-6-3-9-17/h12,17H,1,3-10H2,2H3,(H2,14,15,18). The van der Waals surface area contributed by atoms with Gasteiger partial charge >= 0.3 is 6.03 Å². The van der Waals surface area contributed by atoms with Gasteiger partial charge in [-0.25, -0.2) is 4.79 Å². The average molecular weight is 255 g/mol. The largest absolute Gasteiger partial charge is 0.396 e. The molecule has 0 aromatic carbocycles. The summed E-state index contributed by atoms with van der Waals surface area (Å²) in [5.41, 5.74) is 1.18. The Hall–Kier alpha value is -1.07. The molecule has 0 spiro atoms. The zero-order chi connectivity index (χ0) is 13.4. The lowest BCUT2D eigenvalue weighted by molar-refractivity contribution is 0.201. The van der Waals surface area contributed by atoms with Crippen LogP contribution in [0.1, 0.15) is 26.2 Å². The van der Waals surface area contributed by atoms with E-state index in [-0.39, 0.29) is 18.7 Å². The van der Waals surface area contributed by atoms with Crippen molar-refractivity contribution in [3.8, 4) is 0 Å². The first-order valence-corrected chi connectivity index (χ1v) is 6.63. The van der Waals surface area contributed by atoms with E-state index in [1.165, 1.54) is 5.57 Å². The van der Waals surface area contributed by atoms with E-state index in [9.17, 15) is 4.79 Å². The Morgan fingerprint density at radius 3 is 2.67 bits per heavy atom. The van der Waals surface area contributed by atoms with Crippen LogP contribution in [-0.4, -0.2) is 54.9 Å². The number of nitrogens with zero attached hydrogens (tertiary/aromatic N) is 1. The molecule has 0 radical (unpaired) electrons. The van der Waals surface area contributed by atoms with Crippen LogP contribution in [0, 0.1) is 0 Å². The van der Waals surface area contributed by atoms with Gasteiger partial charge in [0, 0.05) is 38.8 Å². The average Bonchev–Trinajstić information content (AvgIpc) is 2.31. The highest BCUT2D eigenvalue weighted by Gasteiger charge is 2.20. The molecule has 0 unspecified atom stereocenters. The van der Waals surface area contributed by atoms with Crippen LogP contribution in [-0.2, 0) is 0 Å². The van der Waals surface area contributed by atoms with Gasteiger partial charge in [0.05, 0.1) is 0 Å². The van der Waals surface area contributed by atoms with E-state index in [0.717, 1.165) is 32.5 Å². The number of urea groups is 1. The van der Waals surface area contributed by atoms with Gasteiger partial charge in [-0.3, -0.25) is 4.90 Å². The zero-order valence-corrected chi connectivity index (χ0v) is 11.2. The Kier molecular flexibility index (Phi) is 6.75. The van der Waals surface area contributed by atoms with Crippen LogP contribution in [0.3, 0.4) is 0 Å². The fraction of sp³-hybridized carbons (Fsp3) is 0.769. The van der Waals surface area contributed by atoms with Crippen LogP contribution in [0.4, 0.5) is 4.79 Å². The van der Waals surface area contributed by atoms with Crippen molar-refractivity contribution < 1.29 is 9.90 Å². The number of carbonyl (C=O) groups excluding carboxylic acids is 1. The van der Waals surface area contributed by atoms with Gasteiger partial charge in [-0.05, 0) is 26.2 Å². The van der Waals surface area contributed by atoms with Gasteiger partial charge in [0.15, 0.2) is 0 Å². The summed E-state index contributed by atoms with van der Waals surface area (Å²) in [6.45, 7) is 9.56. The molecule has 104 valence electrons. The minimum Gasteiger partial charge on any atom is -0.396 e. The lowest BCUT2D eigenvalue weighted by Gasteiger charge is -2.32. The van der Waals surface area contributed by atoms with Crippen molar-refractivity contribution in [2.75, 3.05) is 32.8 Å². The third-order valence-electron chi connectivity index (χ3n) is 3.04. The minimum absolute atomic E-state index is 0.111. The molecule has 0 saturated carbocycles. The minimum atomic E-state index is -0.123. The molecular formula is C13H25N3O2. The maximum Gasteiger partial charge on any atom is 0.315 e. The molecule has 5 nitrogen and oxygen atoms in total. The normalized spacial score (nSPS) is 17.4. The quantitative estimate of drug-likeness (QED) is 0.484. The topological polar surface area (TPSA) is 64.6 Å². The smallest absolute Gasteiger partial charge is 0.315 e. The fourth-order valence-corrected chi connectivity index (χ4v) is 2.13. The Balaban J connectivity index is 2.14. The molecule has 0 aromatic rings. The van der Waals surface area contributed by atoms with Gasteiger partial charge in [-0.1, -0.05) is 12.2 Å². The van der Waals surface area contributed by atoms with E-state index >= 15 is 0 Å². The number of nitrogens with one attached hydrogen (secondary N) is 2. The van der Waals surface area contributed by atoms with Crippen molar-refractivity contribution in [2.45, 2.75) is 32.2 Å². The summed E-state index contributed by atoms with van der Waals surface area (Å²) in [6, 6.07) is 0.141. The monoisotopic (exact) mass is 255 g/mol. The molecule has 1 fully saturated rings. The van der Waals surface area contributed by atoms with Crippen molar-refractivity contribution >= 4 is 6.03 Å². The summed E-state index contributed by atoms with van der Waals surface area (Å²) in [7, 11) is 0. The van der Waals surface area contributed by atoms with E-state index in [2.05, 4.69) is 22.1 Å². The van der Waals surface area contributed by atoms with Crippen LogP contribution in [0.25, 0.3) is 0 Å². The van der Waals surface area contributed by atoms with Crippen LogP contribution in [0.15, 0.2) is 12.2 Å². The molecule has 2 amide bonds. The molecule has 0 aliphatic carbocycles. The zero-order valence-electron chi connectivity index (χ0n) is 11.2. The highest BCUT2D eigenvalue weighted by Crippen LogP contribution is 2.11. The number of carbonyl (C=O) groups is 1.